The summed E-state index contributed by atoms with van der Waals surface area (Å²) in [6.07, 6.45) is 1.61. The summed E-state index contributed by atoms with van der Waals surface area (Å²) in [7, 11) is 0. The number of non-ortho nitro benzene ring substituents is 1. The molecule has 128 valence electrons. The third kappa shape index (κ3) is 2.51. The van der Waals surface area contributed by atoms with E-state index in [2.05, 4.69) is 10.3 Å². The van der Waals surface area contributed by atoms with Gasteiger partial charge in [0.1, 0.15) is 5.69 Å². The number of nitro benzene ring substituents is 1. The number of rotatable bonds is 4. The number of aromatic nitrogens is 3. The number of anilines is 1. The Balaban J connectivity index is 1.59. The Kier molecular flexibility index (Phi) is 3.54. The zero-order chi connectivity index (χ0) is 18.3. The van der Waals surface area contributed by atoms with Crippen LogP contribution in [0.5, 0.6) is 0 Å². The van der Waals surface area contributed by atoms with Crippen LogP contribution in [0.1, 0.15) is 16.1 Å². The first kappa shape index (κ1) is 15.6. The lowest BCUT2D eigenvalue weighted by atomic mass is 10.1. The number of ketones is 1. The molecule has 2 aromatic carbocycles. The van der Waals surface area contributed by atoms with Crippen molar-refractivity contribution in [3.8, 4) is 5.69 Å². The van der Waals surface area contributed by atoms with E-state index in [1.54, 1.807) is 42.6 Å². The highest BCUT2D eigenvalue weighted by atomic mass is 16.6. The van der Waals surface area contributed by atoms with Crippen LogP contribution in [0, 0.1) is 10.1 Å². The number of para-hydroxylation sites is 1. The maximum absolute atomic E-state index is 12.2. The van der Waals surface area contributed by atoms with Gasteiger partial charge in [-0.1, -0.05) is 17.3 Å². The van der Waals surface area contributed by atoms with Gasteiger partial charge in [0.15, 0.2) is 0 Å². The van der Waals surface area contributed by atoms with Crippen molar-refractivity contribution in [2.24, 2.45) is 0 Å². The van der Waals surface area contributed by atoms with Crippen molar-refractivity contribution in [3.05, 3.63) is 76.1 Å². The number of amides is 1. The molecular formula is C17H11N5O4. The Morgan fingerprint density at radius 2 is 1.77 bits per heavy atom. The molecule has 0 saturated carbocycles. The summed E-state index contributed by atoms with van der Waals surface area (Å²) in [6.45, 7) is 0.106. The van der Waals surface area contributed by atoms with E-state index in [1.807, 2.05) is 0 Å². The second kappa shape index (κ2) is 5.88. The normalized spacial score (nSPS) is 13.2. The minimum absolute atomic E-state index is 0.0214. The number of carbonyl (C=O) groups excluding carboxylic acids is 2. The molecular weight excluding hydrogens is 338 g/mol. The predicted octanol–water partition coefficient (Wildman–Crippen LogP) is 1.90. The maximum Gasteiger partial charge on any atom is 0.299 e. The molecule has 1 aliphatic heterocycles. The van der Waals surface area contributed by atoms with E-state index in [4.69, 9.17) is 0 Å². The average Bonchev–Trinajstić information content (AvgIpc) is 3.22. The lowest BCUT2D eigenvalue weighted by Crippen LogP contribution is -2.29. The molecule has 9 heteroatoms. The molecule has 0 N–H and O–H groups in total. The zero-order valence-corrected chi connectivity index (χ0v) is 13.3. The fourth-order valence-corrected chi connectivity index (χ4v) is 2.79. The van der Waals surface area contributed by atoms with E-state index in [0.717, 1.165) is 0 Å². The van der Waals surface area contributed by atoms with Crippen molar-refractivity contribution in [2.45, 2.75) is 6.54 Å². The van der Waals surface area contributed by atoms with E-state index >= 15 is 0 Å². The van der Waals surface area contributed by atoms with Crippen molar-refractivity contribution < 1.29 is 14.5 Å². The Morgan fingerprint density at radius 3 is 2.50 bits per heavy atom. The lowest BCUT2D eigenvalue weighted by molar-refractivity contribution is -0.384. The van der Waals surface area contributed by atoms with Gasteiger partial charge in [0.05, 0.1) is 34.6 Å². The largest absolute Gasteiger partial charge is 0.299 e. The highest BCUT2D eigenvalue weighted by Gasteiger charge is 2.35. The molecule has 0 fully saturated rings. The first-order valence-electron chi connectivity index (χ1n) is 7.66. The van der Waals surface area contributed by atoms with Crippen molar-refractivity contribution in [1.29, 1.82) is 0 Å². The molecule has 2 heterocycles. The molecule has 3 aromatic rings. The standard InChI is InChI=1S/C17H11N5O4/c23-16-14-3-1-2-4-15(14)20(17(16)24)9-11-10-21(19-18-11)12-5-7-13(8-6-12)22(25)26/h1-8,10H,9H2. The number of nitrogens with zero attached hydrogens (tertiary/aromatic N) is 5. The number of hydrogen-bond acceptors (Lipinski definition) is 6. The molecule has 0 spiro atoms. The monoisotopic (exact) mass is 349 g/mol. The van der Waals surface area contributed by atoms with Crippen molar-refractivity contribution >= 4 is 23.1 Å². The van der Waals surface area contributed by atoms with Crippen LogP contribution in [-0.2, 0) is 11.3 Å². The Morgan fingerprint density at radius 1 is 1.04 bits per heavy atom. The van der Waals surface area contributed by atoms with Gasteiger partial charge in [-0.3, -0.25) is 24.6 Å². The first-order valence-corrected chi connectivity index (χ1v) is 7.66. The highest BCUT2D eigenvalue weighted by Crippen LogP contribution is 2.29. The maximum atomic E-state index is 12.2. The second-order valence-corrected chi connectivity index (χ2v) is 5.67. The van der Waals surface area contributed by atoms with Gasteiger partial charge in [-0.05, 0) is 24.3 Å². The average molecular weight is 349 g/mol. The SMILES string of the molecule is O=C1C(=O)N(Cc2cn(-c3ccc([N+](=O)[O-])cc3)nn2)c2ccccc21. The number of hydrogen-bond donors (Lipinski definition) is 0. The van der Waals surface area contributed by atoms with Crippen LogP contribution in [-0.4, -0.2) is 31.6 Å². The van der Waals surface area contributed by atoms with Gasteiger partial charge >= 0.3 is 0 Å². The molecule has 0 bridgehead atoms. The van der Waals surface area contributed by atoms with Crippen LogP contribution in [0.25, 0.3) is 5.69 Å². The molecule has 0 saturated heterocycles. The predicted molar refractivity (Wildman–Crippen MR) is 90.0 cm³/mol. The smallest absolute Gasteiger partial charge is 0.299 e. The molecule has 26 heavy (non-hydrogen) atoms. The fraction of sp³-hybridized carbons (Fsp3) is 0.0588. The molecule has 1 aliphatic rings. The first-order chi connectivity index (χ1) is 12.5. The van der Waals surface area contributed by atoms with E-state index in [-0.39, 0.29) is 12.2 Å². The van der Waals surface area contributed by atoms with Crippen molar-refractivity contribution in [1.82, 2.24) is 15.0 Å². The van der Waals surface area contributed by atoms with E-state index < -0.39 is 16.6 Å². The van der Waals surface area contributed by atoms with Gasteiger partial charge in [-0.15, -0.1) is 5.10 Å². The molecule has 9 nitrogen and oxygen atoms in total. The summed E-state index contributed by atoms with van der Waals surface area (Å²) in [5.41, 5.74) is 1.99. The number of carbonyl (C=O) groups is 2. The van der Waals surface area contributed by atoms with Gasteiger partial charge in [0.25, 0.3) is 17.4 Å². The highest BCUT2D eigenvalue weighted by molar-refractivity contribution is 6.52. The van der Waals surface area contributed by atoms with Gasteiger partial charge in [-0.2, -0.15) is 0 Å². The van der Waals surface area contributed by atoms with E-state index in [9.17, 15) is 19.7 Å². The summed E-state index contributed by atoms with van der Waals surface area (Å²) in [4.78, 5) is 35.8. The Labute approximate surface area is 146 Å². The molecule has 0 radical (unpaired) electrons. The number of nitro groups is 1. The topological polar surface area (TPSA) is 111 Å². The summed E-state index contributed by atoms with van der Waals surface area (Å²) in [5, 5.41) is 18.7. The van der Waals surface area contributed by atoms with E-state index in [1.165, 1.54) is 21.7 Å². The van der Waals surface area contributed by atoms with Crippen LogP contribution in [0.4, 0.5) is 11.4 Å². The molecule has 1 amide bonds. The van der Waals surface area contributed by atoms with E-state index in [0.29, 0.717) is 22.6 Å². The lowest BCUT2D eigenvalue weighted by Gasteiger charge is -2.14. The molecule has 0 atom stereocenters. The third-order valence-electron chi connectivity index (χ3n) is 4.06. The Hall–Kier alpha value is -3.88. The summed E-state index contributed by atoms with van der Waals surface area (Å²) in [5.74, 6) is -1.14. The number of Topliss-reactive ketones (excluding diaryl/α,β-unsaturated/α-hetero) is 1. The van der Waals surface area contributed by atoms with Gasteiger partial charge < -0.3 is 0 Å². The van der Waals surface area contributed by atoms with Crippen molar-refractivity contribution in [2.75, 3.05) is 4.90 Å². The Bertz CT molecular complexity index is 1040. The summed E-state index contributed by atoms with van der Waals surface area (Å²) >= 11 is 0. The fourth-order valence-electron chi connectivity index (χ4n) is 2.79. The van der Waals surface area contributed by atoms with Gasteiger partial charge in [0.2, 0.25) is 0 Å². The minimum Gasteiger partial charge on any atom is -0.299 e. The number of benzene rings is 2. The summed E-state index contributed by atoms with van der Waals surface area (Å²) < 4.78 is 1.45. The molecule has 1 aromatic heterocycles. The van der Waals surface area contributed by atoms with Crippen LogP contribution < -0.4 is 4.90 Å². The molecule has 0 unspecified atom stereocenters. The van der Waals surface area contributed by atoms with Crippen molar-refractivity contribution in [3.63, 3.8) is 0 Å². The minimum atomic E-state index is -0.601. The molecule has 4 rings (SSSR count). The van der Waals surface area contributed by atoms with Gasteiger partial charge in [-0.25, -0.2) is 4.68 Å². The van der Waals surface area contributed by atoms with Crippen LogP contribution in [0.15, 0.2) is 54.7 Å². The quantitative estimate of drug-likeness (QED) is 0.404. The van der Waals surface area contributed by atoms with Gasteiger partial charge in [0, 0.05) is 12.1 Å². The zero-order valence-electron chi connectivity index (χ0n) is 13.3. The summed E-state index contributed by atoms with van der Waals surface area (Å²) in [6, 6.07) is 12.6. The third-order valence-corrected chi connectivity index (χ3v) is 4.06. The second-order valence-electron chi connectivity index (χ2n) is 5.67. The van der Waals surface area contributed by atoms with Crippen LogP contribution in [0.3, 0.4) is 0 Å². The van der Waals surface area contributed by atoms with Crippen LogP contribution >= 0.6 is 0 Å². The number of fused-ring (bicyclic) bond motifs is 1. The van der Waals surface area contributed by atoms with Crippen LogP contribution in [0.2, 0.25) is 0 Å². The molecule has 0 aliphatic carbocycles.